The van der Waals surface area contributed by atoms with E-state index in [1.165, 1.54) is 0 Å². The number of aromatic nitrogens is 1. The van der Waals surface area contributed by atoms with Crippen LogP contribution in [-0.4, -0.2) is 16.5 Å². The van der Waals surface area contributed by atoms with Crippen LogP contribution in [0, 0.1) is 0 Å². The minimum Gasteiger partial charge on any atom is -0.389 e. The first kappa shape index (κ1) is 14.0. The van der Waals surface area contributed by atoms with Crippen molar-refractivity contribution in [2.24, 2.45) is 5.73 Å². The first-order valence-electron chi connectivity index (χ1n) is 6.68. The van der Waals surface area contributed by atoms with Crippen molar-refractivity contribution in [1.29, 1.82) is 0 Å². The normalized spacial score (nSPS) is 10.7. The number of hydrogen-bond donors (Lipinski definition) is 2. The molecule has 3 rings (SSSR count). The molecule has 106 valence electrons. The molecule has 0 radical (unpaired) electrons. The molecule has 0 saturated carbocycles. The fraction of sp³-hybridized carbons (Fsp3) is 0.125. The topological polar surface area (TPSA) is 50.9 Å². The molecule has 3 aromatic rings. The predicted molar refractivity (Wildman–Crippen MR) is 94.1 cm³/mol. The van der Waals surface area contributed by atoms with Crippen molar-refractivity contribution in [2.45, 2.75) is 6.42 Å². The number of thiocarbonyl (C=S) groups is 1. The molecular weight excluding hydrogens is 298 g/mol. The van der Waals surface area contributed by atoms with E-state index in [9.17, 15) is 0 Å². The summed E-state index contributed by atoms with van der Waals surface area (Å²) < 4.78 is 0. The number of hydrogen-bond acceptors (Lipinski definition) is 4. The summed E-state index contributed by atoms with van der Waals surface area (Å²) in [4.78, 5) is 4.72. The molecule has 0 aliphatic heterocycles. The number of fused-ring (bicyclic) bond motifs is 1. The summed E-state index contributed by atoms with van der Waals surface area (Å²) in [6.45, 7) is 0.847. The van der Waals surface area contributed by atoms with Crippen LogP contribution in [-0.2, 0) is 6.42 Å². The Kier molecular flexibility index (Phi) is 4.13. The van der Waals surface area contributed by atoms with Crippen molar-refractivity contribution in [2.75, 3.05) is 11.9 Å². The van der Waals surface area contributed by atoms with Gasteiger partial charge in [-0.15, -0.1) is 11.3 Å². The van der Waals surface area contributed by atoms with E-state index in [0.717, 1.165) is 40.7 Å². The van der Waals surface area contributed by atoms with Gasteiger partial charge in [0, 0.05) is 35.0 Å². The highest BCUT2D eigenvalue weighted by Gasteiger charge is 2.07. The van der Waals surface area contributed by atoms with Gasteiger partial charge in [-0.3, -0.25) is 0 Å². The second kappa shape index (κ2) is 6.20. The molecule has 0 atom stereocenters. The fourth-order valence-corrected chi connectivity index (χ4v) is 3.13. The lowest BCUT2D eigenvalue weighted by molar-refractivity contribution is 0.979. The smallest absolute Gasteiger partial charge is 0.104 e. The molecule has 0 amide bonds. The van der Waals surface area contributed by atoms with Gasteiger partial charge in [0.1, 0.15) is 4.99 Å². The number of thiazole rings is 1. The largest absolute Gasteiger partial charge is 0.389 e. The highest BCUT2D eigenvalue weighted by molar-refractivity contribution is 7.80. The van der Waals surface area contributed by atoms with E-state index in [2.05, 4.69) is 27.8 Å². The third-order valence-corrected chi connectivity index (χ3v) is 4.22. The molecule has 0 saturated heterocycles. The first-order chi connectivity index (χ1) is 10.3. The minimum atomic E-state index is 0.431. The Morgan fingerprint density at radius 2 is 2.00 bits per heavy atom. The van der Waals surface area contributed by atoms with Gasteiger partial charge in [-0.1, -0.05) is 36.5 Å². The first-order valence-corrected chi connectivity index (χ1v) is 8.03. The van der Waals surface area contributed by atoms with Gasteiger partial charge in [0.15, 0.2) is 0 Å². The minimum absolute atomic E-state index is 0.431. The molecule has 0 aliphatic rings. The number of benzene rings is 2. The molecule has 0 aliphatic carbocycles. The van der Waals surface area contributed by atoms with E-state index < -0.39 is 0 Å². The number of nitrogens with one attached hydrogen (secondary N) is 1. The Bertz CT molecular complexity index is 766. The van der Waals surface area contributed by atoms with Gasteiger partial charge in [-0.05, 0) is 17.5 Å². The van der Waals surface area contributed by atoms with Gasteiger partial charge < -0.3 is 11.1 Å². The van der Waals surface area contributed by atoms with Gasteiger partial charge in [-0.25, -0.2) is 4.98 Å². The van der Waals surface area contributed by atoms with Gasteiger partial charge in [0.25, 0.3) is 0 Å². The summed E-state index contributed by atoms with van der Waals surface area (Å²) in [6, 6.07) is 12.2. The zero-order valence-electron chi connectivity index (χ0n) is 11.4. The summed E-state index contributed by atoms with van der Waals surface area (Å²) >= 11 is 6.75. The Morgan fingerprint density at radius 3 is 2.71 bits per heavy atom. The van der Waals surface area contributed by atoms with Crippen LogP contribution in [0.5, 0.6) is 0 Å². The summed E-state index contributed by atoms with van der Waals surface area (Å²) in [5.41, 5.74) is 10.8. The molecule has 3 N–H and O–H groups in total. The molecule has 0 unspecified atom stereocenters. The Labute approximate surface area is 132 Å². The zero-order valence-corrected chi connectivity index (χ0v) is 13.0. The Balaban J connectivity index is 1.85. The summed E-state index contributed by atoms with van der Waals surface area (Å²) in [5, 5.41) is 7.78. The van der Waals surface area contributed by atoms with Crippen LogP contribution in [0.1, 0.15) is 11.3 Å². The third kappa shape index (κ3) is 3.04. The van der Waals surface area contributed by atoms with Crippen molar-refractivity contribution in [1.82, 2.24) is 4.98 Å². The van der Waals surface area contributed by atoms with Crippen molar-refractivity contribution in [3.05, 3.63) is 58.5 Å². The highest BCUT2D eigenvalue weighted by atomic mass is 32.1. The number of nitrogens with zero attached hydrogens (tertiary/aromatic N) is 1. The fourth-order valence-electron chi connectivity index (χ4n) is 2.35. The van der Waals surface area contributed by atoms with Crippen LogP contribution in [0.15, 0.2) is 47.3 Å². The van der Waals surface area contributed by atoms with E-state index in [1.807, 2.05) is 29.8 Å². The number of rotatable bonds is 5. The predicted octanol–water partition coefficient (Wildman–Crippen LogP) is 3.59. The highest BCUT2D eigenvalue weighted by Crippen LogP contribution is 2.26. The van der Waals surface area contributed by atoms with Crippen LogP contribution < -0.4 is 11.1 Å². The monoisotopic (exact) mass is 313 g/mol. The summed E-state index contributed by atoms with van der Waals surface area (Å²) in [5.74, 6) is 0. The average Bonchev–Trinajstić information content (AvgIpc) is 3.00. The van der Waals surface area contributed by atoms with Gasteiger partial charge in [0.2, 0.25) is 0 Å². The maximum atomic E-state index is 5.80. The average molecular weight is 313 g/mol. The molecule has 0 bridgehead atoms. The lowest BCUT2D eigenvalue weighted by Crippen LogP contribution is -2.11. The molecule has 1 aromatic heterocycles. The molecule has 21 heavy (non-hydrogen) atoms. The SMILES string of the molecule is NC(=S)c1ccc(NCCc2cscn2)c2ccccc12. The molecule has 2 aromatic carbocycles. The van der Waals surface area contributed by atoms with E-state index in [0.29, 0.717) is 4.99 Å². The van der Waals surface area contributed by atoms with Crippen LogP contribution in [0.4, 0.5) is 5.69 Å². The molecule has 0 fully saturated rings. The van der Waals surface area contributed by atoms with Crippen LogP contribution in [0.25, 0.3) is 10.8 Å². The van der Waals surface area contributed by atoms with E-state index in [4.69, 9.17) is 18.0 Å². The van der Waals surface area contributed by atoms with Crippen LogP contribution in [0.3, 0.4) is 0 Å². The van der Waals surface area contributed by atoms with Crippen molar-refractivity contribution >= 4 is 45.0 Å². The second-order valence-electron chi connectivity index (χ2n) is 4.73. The van der Waals surface area contributed by atoms with Crippen LogP contribution in [0.2, 0.25) is 0 Å². The molecule has 1 heterocycles. The van der Waals surface area contributed by atoms with Gasteiger partial charge in [0.05, 0.1) is 11.2 Å². The van der Waals surface area contributed by atoms with Crippen LogP contribution >= 0.6 is 23.6 Å². The van der Waals surface area contributed by atoms with Crippen molar-refractivity contribution < 1.29 is 0 Å². The van der Waals surface area contributed by atoms with Gasteiger partial charge >= 0.3 is 0 Å². The van der Waals surface area contributed by atoms with E-state index in [-0.39, 0.29) is 0 Å². The van der Waals surface area contributed by atoms with Crippen molar-refractivity contribution in [3.63, 3.8) is 0 Å². The quantitative estimate of drug-likeness (QED) is 0.707. The second-order valence-corrected chi connectivity index (χ2v) is 5.89. The lowest BCUT2D eigenvalue weighted by Gasteiger charge is -2.12. The third-order valence-electron chi connectivity index (χ3n) is 3.37. The molecule has 0 spiro atoms. The number of anilines is 1. The van der Waals surface area contributed by atoms with Gasteiger partial charge in [-0.2, -0.15) is 0 Å². The van der Waals surface area contributed by atoms with Crippen molar-refractivity contribution in [3.8, 4) is 0 Å². The number of nitrogens with two attached hydrogens (primary N) is 1. The maximum absolute atomic E-state index is 5.80. The Morgan fingerprint density at radius 1 is 1.19 bits per heavy atom. The maximum Gasteiger partial charge on any atom is 0.104 e. The standard InChI is InChI=1S/C16H15N3S2/c17-16(20)14-5-6-15(13-4-2-1-3-12(13)14)18-8-7-11-9-21-10-19-11/h1-6,9-10,18H,7-8H2,(H2,17,20). The summed E-state index contributed by atoms with van der Waals surface area (Å²) in [7, 11) is 0. The zero-order chi connectivity index (χ0) is 14.7. The Hall–Kier alpha value is -1.98. The lowest BCUT2D eigenvalue weighted by atomic mass is 10.0. The van der Waals surface area contributed by atoms with E-state index >= 15 is 0 Å². The molecule has 5 heteroatoms. The molecule has 3 nitrogen and oxygen atoms in total. The van der Waals surface area contributed by atoms with E-state index in [1.54, 1.807) is 11.3 Å². The molecular formula is C16H15N3S2. The summed E-state index contributed by atoms with van der Waals surface area (Å²) in [6.07, 6.45) is 0.912.